The van der Waals surface area contributed by atoms with Gasteiger partial charge in [-0.2, -0.15) is 0 Å². The number of rotatable bonds is 9. The lowest BCUT2D eigenvalue weighted by Crippen LogP contribution is -2.37. The number of hydrogen-bond donors (Lipinski definition) is 2. The molecule has 0 bridgehead atoms. The fourth-order valence-electron chi connectivity index (χ4n) is 4.12. The quantitative estimate of drug-likeness (QED) is 0.316. The average Bonchev–Trinajstić information content (AvgIpc) is 2.97. The molecule has 39 heavy (non-hydrogen) atoms. The molecule has 4 heterocycles. The Balaban J connectivity index is 1.58. The van der Waals surface area contributed by atoms with Crippen molar-refractivity contribution in [2.75, 3.05) is 60.7 Å². The molecule has 0 unspecified atom stereocenters. The lowest BCUT2D eigenvalue weighted by molar-refractivity contribution is 0.122. The molecule has 0 saturated carbocycles. The maximum absolute atomic E-state index is 15.5. The van der Waals surface area contributed by atoms with E-state index in [0.717, 1.165) is 0 Å². The van der Waals surface area contributed by atoms with Gasteiger partial charge in [-0.1, -0.05) is 6.07 Å². The number of nitrogens with one attached hydrogen (secondary N) is 2. The van der Waals surface area contributed by atoms with Gasteiger partial charge in [0.1, 0.15) is 5.52 Å². The van der Waals surface area contributed by atoms with Crippen LogP contribution >= 0.6 is 0 Å². The van der Waals surface area contributed by atoms with Crippen LogP contribution in [0.4, 0.5) is 26.2 Å². The molecule has 0 spiro atoms. The highest BCUT2D eigenvalue weighted by Crippen LogP contribution is 2.32. The van der Waals surface area contributed by atoms with Crippen LogP contribution in [0.2, 0.25) is 0 Å². The van der Waals surface area contributed by atoms with Gasteiger partial charge in [0.2, 0.25) is 16.0 Å². The monoisotopic (exact) mass is 556 g/mol. The highest BCUT2D eigenvalue weighted by molar-refractivity contribution is 7.92. The molecule has 204 valence electrons. The van der Waals surface area contributed by atoms with Gasteiger partial charge in [-0.25, -0.2) is 37.7 Å². The van der Waals surface area contributed by atoms with Crippen molar-refractivity contribution < 1.29 is 21.9 Å². The molecule has 1 fully saturated rings. The zero-order chi connectivity index (χ0) is 27.4. The Morgan fingerprint density at radius 2 is 1.82 bits per heavy atom. The van der Waals surface area contributed by atoms with Crippen LogP contribution in [0.5, 0.6) is 0 Å². The van der Waals surface area contributed by atoms with Gasteiger partial charge in [0.15, 0.2) is 17.5 Å². The number of fused-ring (bicyclic) bond motifs is 1. The van der Waals surface area contributed by atoms with Gasteiger partial charge < -0.3 is 15.0 Å². The highest BCUT2D eigenvalue weighted by Gasteiger charge is 2.22. The van der Waals surface area contributed by atoms with Gasteiger partial charge in [-0.05, 0) is 30.7 Å². The van der Waals surface area contributed by atoms with Crippen LogP contribution in [0.3, 0.4) is 0 Å². The number of nitrogens with zero attached hydrogens (tertiary/aromatic N) is 6. The first-order valence-electron chi connectivity index (χ1n) is 12.3. The van der Waals surface area contributed by atoms with Crippen LogP contribution in [0, 0.1) is 5.82 Å². The second-order valence-electron chi connectivity index (χ2n) is 8.71. The molecule has 0 radical (unpaired) electrons. The second-order valence-corrected chi connectivity index (χ2v) is 10.6. The smallest absolute Gasteiger partial charge is 0.232 e. The van der Waals surface area contributed by atoms with E-state index in [0.29, 0.717) is 60.5 Å². The summed E-state index contributed by atoms with van der Waals surface area (Å²) in [6, 6.07) is 7.67. The van der Waals surface area contributed by atoms with Crippen molar-refractivity contribution in [3.05, 3.63) is 48.5 Å². The van der Waals surface area contributed by atoms with Crippen molar-refractivity contribution in [2.24, 2.45) is 0 Å². The van der Waals surface area contributed by atoms with Crippen molar-refractivity contribution in [3.63, 3.8) is 0 Å². The Kier molecular flexibility index (Phi) is 7.74. The summed E-state index contributed by atoms with van der Waals surface area (Å²) in [6.45, 7) is 1.40. The Bertz CT molecular complexity index is 1580. The van der Waals surface area contributed by atoms with Crippen LogP contribution in [0.1, 0.15) is 6.42 Å². The van der Waals surface area contributed by atoms with E-state index in [9.17, 15) is 12.8 Å². The molecular weight excluding hydrogens is 530 g/mol. The number of sulfonamides is 1. The third-order valence-corrected chi connectivity index (χ3v) is 7.41. The SMILES string of the molecule is CNc1ncc(-c2nc(N3CCOCC3)c3nc(-c4cccc(NS(=O)(=O)CCCF)c4F)ccc3n2)cn1. The van der Waals surface area contributed by atoms with E-state index in [2.05, 4.69) is 25.0 Å². The Morgan fingerprint density at radius 3 is 2.54 bits per heavy atom. The van der Waals surface area contributed by atoms with Crippen molar-refractivity contribution in [2.45, 2.75) is 6.42 Å². The summed E-state index contributed by atoms with van der Waals surface area (Å²) in [5.74, 6) is 0.194. The molecule has 0 amide bonds. The fourth-order valence-corrected chi connectivity index (χ4v) is 5.20. The third kappa shape index (κ3) is 5.86. The molecule has 2 N–H and O–H groups in total. The van der Waals surface area contributed by atoms with E-state index in [1.165, 1.54) is 18.2 Å². The number of pyridine rings is 1. The predicted molar refractivity (Wildman–Crippen MR) is 144 cm³/mol. The first kappa shape index (κ1) is 26.6. The van der Waals surface area contributed by atoms with E-state index in [1.54, 1.807) is 31.6 Å². The summed E-state index contributed by atoms with van der Waals surface area (Å²) in [7, 11) is -2.19. The van der Waals surface area contributed by atoms with Crippen LogP contribution in [-0.2, 0) is 14.8 Å². The Hall–Kier alpha value is -4.04. The zero-order valence-electron chi connectivity index (χ0n) is 21.1. The summed E-state index contributed by atoms with van der Waals surface area (Å²) in [5, 5.41) is 2.87. The molecule has 1 aliphatic rings. The van der Waals surface area contributed by atoms with E-state index in [4.69, 9.17) is 14.7 Å². The minimum Gasteiger partial charge on any atom is -0.378 e. The number of aromatic nitrogens is 5. The summed E-state index contributed by atoms with van der Waals surface area (Å²) >= 11 is 0. The molecule has 1 aromatic carbocycles. The highest BCUT2D eigenvalue weighted by atomic mass is 32.2. The van der Waals surface area contributed by atoms with Gasteiger partial charge >= 0.3 is 0 Å². The molecule has 14 heteroatoms. The minimum atomic E-state index is -3.91. The predicted octanol–water partition coefficient (Wildman–Crippen LogP) is 3.27. The molecule has 5 rings (SSSR count). The molecule has 1 saturated heterocycles. The minimum absolute atomic E-state index is 0.0932. The third-order valence-electron chi connectivity index (χ3n) is 6.06. The molecule has 4 aromatic rings. The van der Waals surface area contributed by atoms with Crippen LogP contribution in [0.15, 0.2) is 42.7 Å². The van der Waals surface area contributed by atoms with Gasteiger partial charge in [0.05, 0.1) is 48.1 Å². The summed E-state index contributed by atoms with van der Waals surface area (Å²) in [5.41, 5.74) is 1.74. The average molecular weight is 557 g/mol. The van der Waals surface area contributed by atoms with Gasteiger partial charge in [0, 0.05) is 38.1 Å². The van der Waals surface area contributed by atoms with Crippen LogP contribution in [0.25, 0.3) is 33.7 Å². The molecular formula is C25H26F2N8O3S. The molecule has 0 aliphatic carbocycles. The lowest BCUT2D eigenvalue weighted by Gasteiger charge is -2.28. The molecule has 0 atom stereocenters. The number of halogens is 2. The maximum atomic E-state index is 15.5. The number of ether oxygens (including phenoxy) is 1. The van der Waals surface area contributed by atoms with Gasteiger partial charge in [0.25, 0.3) is 0 Å². The summed E-state index contributed by atoms with van der Waals surface area (Å²) in [6.07, 6.45) is 3.07. The van der Waals surface area contributed by atoms with E-state index in [-0.39, 0.29) is 23.4 Å². The topological polar surface area (TPSA) is 135 Å². The zero-order valence-corrected chi connectivity index (χ0v) is 21.9. The van der Waals surface area contributed by atoms with E-state index in [1.807, 2.05) is 4.90 Å². The fraction of sp³-hybridized carbons (Fsp3) is 0.320. The number of hydrogen-bond acceptors (Lipinski definition) is 10. The van der Waals surface area contributed by atoms with Crippen molar-refractivity contribution in [1.29, 1.82) is 0 Å². The van der Waals surface area contributed by atoms with Crippen LogP contribution < -0.4 is 14.9 Å². The van der Waals surface area contributed by atoms with E-state index < -0.39 is 28.3 Å². The number of anilines is 3. The van der Waals surface area contributed by atoms with E-state index >= 15 is 4.39 Å². The first-order chi connectivity index (χ1) is 18.9. The normalized spacial score (nSPS) is 14.0. The molecule has 1 aliphatic heterocycles. The Labute approximate surface area is 223 Å². The number of benzene rings is 1. The molecule has 3 aromatic heterocycles. The standard InChI is InChI=1S/C25H26F2N8O3S/c1-28-25-29-14-16(15-30-25)23-32-20-7-6-18(31-22(20)24(33-23)35-9-11-38-12-10-35)17-4-2-5-19(21(17)27)34-39(36,37)13-3-8-26/h2,4-7,14-15,34H,3,8-13H2,1H3,(H,28,29,30). The van der Waals surface area contributed by atoms with Crippen molar-refractivity contribution in [1.82, 2.24) is 24.9 Å². The van der Waals surface area contributed by atoms with Crippen LogP contribution in [-0.4, -0.2) is 79.1 Å². The largest absolute Gasteiger partial charge is 0.378 e. The summed E-state index contributed by atoms with van der Waals surface area (Å²) < 4.78 is 60.1. The number of alkyl halides is 1. The Morgan fingerprint density at radius 1 is 1.05 bits per heavy atom. The lowest BCUT2D eigenvalue weighted by atomic mass is 10.1. The molecule has 11 nitrogen and oxygen atoms in total. The second kappa shape index (κ2) is 11.4. The van der Waals surface area contributed by atoms with Gasteiger partial charge in [-0.15, -0.1) is 0 Å². The maximum Gasteiger partial charge on any atom is 0.232 e. The first-order valence-corrected chi connectivity index (χ1v) is 13.9. The van der Waals surface area contributed by atoms with Crippen molar-refractivity contribution in [3.8, 4) is 22.6 Å². The van der Waals surface area contributed by atoms with Gasteiger partial charge in [-0.3, -0.25) is 9.11 Å². The number of morpholine rings is 1. The summed E-state index contributed by atoms with van der Waals surface area (Å²) in [4.78, 5) is 24.7. The van der Waals surface area contributed by atoms with Crippen molar-refractivity contribution >= 4 is 38.5 Å².